The van der Waals surface area contributed by atoms with E-state index < -0.39 is 32.6 Å². The van der Waals surface area contributed by atoms with Gasteiger partial charge in [-0.2, -0.15) is 0 Å². The van der Waals surface area contributed by atoms with Gasteiger partial charge in [-0.05, 0) is 0 Å². The van der Waals surface area contributed by atoms with Gasteiger partial charge in [0.05, 0.1) is 0 Å². The van der Waals surface area contributed by atoms with Gasteiger partial charge < -0.3 is 0 Å². The van der Waals surface area contributed by atoms with Crippen LogP contribution in [0.5, 0.6) is 0 Å². The minimum absolute atomic E-state index is 0.0198. The number of rotatable bonds is 12. The quantitative estimate of drug-likeness (QED) is 0.221. The molecule has 0 heterocycles. The number of hydrogen-bond acceptors (Lipinski definition) is 0. The molecule has 0 unspecified atom stereocenters. The van der Waals surface area contributed by atoms with E-state index in [1.165, 1.54) is 0 Å². The Labute approximate surface area is 192 Å². The van der Waals surface area contributed by atoms with Gasteiger partial charge in [-0.3, -0.25) is 0 Å². The van der Waals surface area contributed by atoms with Gasteiger partial charge >= 0.3 is 193 Å². The summed E-state index contributed by atoms with van der Waals surface area (Å²) in [6.07, 6.45) is 1.40. The van der Waals surface area contributed by atoms with E-state index in [1.807, 2.05) is 12.1 Å². The van der Waals surface area contributed by atoms with Crippen molar-refractivity contribution in [2.75, 3.05) is 0 Å². The van der Waals surface area contributed by atoms with Crippen molar-refractivity contribution >= 4 is 43.2 Å². The molecule has 0 spiro atoms. The van der Waals surface area contributed by atoms with Crippen molar-refractivity contribution in [2.24, 2.45) is 0 Å². The maximum atomic E-state index is 15.0. The second-order valence-electron chi connectivity index (χ2n) is 9.60. The molecule has 6 heteroatoms. The van der Waals surface area contributed by atoms with Crippen LogP contribution in [-0.2, 0) is 0 Å². The molecule has 0 aromatic heterocycles. The van der Waals surface area contributed by atoms with Crippen molar-refractivity contribution in [1.82, 2.24) is 0 Å². The zero-order chi connectivity index (χ0) is 23.0. The van der Waals surface area contributed by atoms with E-state index in [2.05, 4.69) is 40.4 Å². The first kappa shape index (κ1) is 28.1. The molecule has 0 radical (unpaired) electrons. The Morgan fingerprint density at radius 1 is 0.833 bits per heavy atom. The number of halogens is 4. The third kappa shape index (κ3) is 7.88. The summed E-state index contributed by atoms with van der Waals surface area (Å²) in [5.41, 5.74) is 0.747. The predicted molar refractivity (Wildman–Crippen MR) is 133 cm³/mol. The van der Waals surface area contributed by atoms with Gasteiger partial charge in [0.15, 0.2) is 0 Å². The fraction of sp³-hybridized carbons (Fsp3) is 0.667. The van der Waals surface area contributed by atoms with E-state index in [-0.39, 0.29) is 3.59 Å². The van der Waals surface area contributed by atoms with Crippen LogP contribution in [0.4, 0.5) is 13.2 Å². The van der Waals surface area contributed by atoms with Crippen molar-refractivity contribution in [3.63, 3.8) is 0 Å². The molecule has 0 atom stereocenters. The van der Waals surface area contributed by atoms with Gasteiger partial charge in [0.25, 0.3) is 0 Å². The van der Waals surface area contributed by atoms with Crippen LogP contribution in [0.2, 0.25) is 38.0 Å². The standard InChI is InChI=1S/C12H13ClF3Si.3C4H9.Sn/c1-17(2,3)11(8-12(14,15)16)9-4-6-10(13)7-5-9;3*1-3-4-2;/h4-7H,1-3H3;3*1,3-4H2,2H3;. The molecule has 0 N–H and O–H groups in total. The molecule has 30 heavy (non-hydrogen) atoms. The first-order valence-electron chi connectivity index (χ1n) is 11.5. The topological polar surface area (TPSA) is 0 Å². The summed E-state index contributed by atoms with van der Waals surface area (Å²) in [5.74, 6) is 0. The second-order valence-corrected chi connectivity index (χ2v) is 28.0. The monoisotopic (exact) mass is 568 g/mol. The summed E-state index contributed by atoms with van der Waals surface area (Å²) in [6.45, 7) is 12.5. The molecule has 1 rings (SSSR count). The molecule has 0 nitrogen and oxygen atoms in total. The predicted octanol–water partition coefficient (Wildman–Crippen LogP) is 9.92. The van der Waals surface area contributed by atoms with E-state index in [4.69, 9.17) is 11.6 Å². The first-order valence-corrected chi connectivity index (χ1v) is 22.9. The fourth-order valence-electron chi connectivity index (χ4n) is 4.57. The fourth-order valence-corrected chi connectivity index (χ4v) is 28.4. The summed E-state index contributed by atoms with van der Waals surface area (Å²) in [5, 5.41) is 1.23. The summed E-state index contributed by atoms with van der Waals surface area (Å²) in [7, 11) is -2.28. The first-order chi connectivity index (χ1) is 13.9. The maximum absolute atomic E-state index is 15.0. The van der Waals surface area contributed by atoms with Crippen LogP contribution in [0, 0.1) is 0 Å². The number of hydrogen-bond donors (Lipinski definition) is 0. The van der Waals surface area contributed by atoms with Crippen molar-refractivity contribution in [3.8, 4) is 0 Å². The Morgan fingerprint density at radius 3 is 1.53 bits per heavy atom. The molecule has 1 aromatic carbocycles. The molecular formula is C24H40ClF3SiSn. The van der Waals surface area contributed by atoms with E-state index in [9.17, 15) is 0 Å². The summed E-state index contributed by atoms with van der Waals surface area (Å²) in [4.78, 5) is 0. The Bertz CT molecular complexity index is 653. The van der Waals surface area contributed by atoms with E-state index in [1.54, 1.807) is 12.1 Å². The zero-order valence-corrected chi connectivity index (χ0v) is 24.3. The van der Waals surface area contributed by atoms with Gasteiger partial charge in [-0.25, -0.2) is 0 Å². The van der Waals surface area contributed by atoms with Gasteiger partial charge in [0.2, 0.25) is 0 Å². The number of allylic oxidation sites excluding steroid dienone is 1. The molecule has 0 aliphatic rings. The third-order valence-electron chi connectivity index (χ3n) is 5.97. The van der Waals surface area contributed by atoms with Crippen LogP contribution in [0.15, 0.2) is 27.9 Å². The van der Waals surface area contributed by atoms with Crippen LogP contribution in [0.1, 0.15) is 64.9 Å². The van der Waals surface area contributed by atoms with Crippen LogP contribution >= 0.6 is 11.6 Å². The van der Waals surface area contributed by atoms with Crippen LogP contribution in [-0.4, -0.2) is 32.6 Å². The number of benzene rings is 1. The number of unbranched alkanes of at least 4 members (excludes halogenated alkanes) is 3. The van der Waals surface area contributed by atoms with Crippen LogP contribution < -0.4 is 0 Å². The SMILES string of the molecule is CCC[CH2][Sn]([CH2]CCC)([CH2]CCC)/[C](=C(/c1ccc(Cl)cc1)[Si](C)(C)C)C(F)(F)F. The van der Waals surface area contributed by atoms with Gasteiger partial charge in [-0.15, -0.1) is 0 Å². The molecule has 0 saturated heterocycles. The summed E-state index contributed by atoms with van der Waals surface area (Å²) in [6, 6.07) is 7.12. The molecule has 0 fully saturated rings. The third-order valence-corrected chi connectivity index (χ3v) is 24.7. The van der Waals surface area contributed by atoms with Gasteiger partial charge in [0.1, 0.15) is 0 Å². The summed E-state index contributed by atoms with van der Waals surface area (Å²) < 4.78 is 47.5. The Kier molecular flexibility index (Phi) is 11.6. The van der Waals surface area contributed by atoms with E-state index in [0.29, 0.717) is 10.2 Å². The molecule has 0 amide bonds. The summed E-state index contributed by atoms with van der Waals surface area (Å²) >= 11 is 2.36. The Hall–Kier alpha value is 0.0556. The zero-order valence-electron chi connectivity index (χ0n) is 19.7. The van der Waals surface area contributed by atoms with Gasteiger partial charge in [-0.1, -0.05) is 0 Å². The molecule has 0 aliphatic heterocycles. The van der Waals surface area contributed by atoms with E-state index >= 15 is 13.2 Å². The molecule has 1 aromatic rings. The van der Waals surface area contributed by atoms with Crippen molar-refractivity contribution in [2.45, 2.75) is 98.4 Å². The van der Waals surface area contributed by atoms with Gasteiger partial charge in [0, 0.05) is 0 Å². The Balaban J connectivity index is 3.96. The normalized spacial score (nSPS) is 14.1. The molecule has 172 valence electrons. The molecule has 0 saturated carbocycles. The van der Waals surface area contributed by atoms with Crippen molar-refractivity contribution in [1.29, 1.82) is 0 Å². The van der Waals surface area contributed by atoms with E-state index in [0.717, 1.165) is 57.4 Å². The average molecular weight is 568 g/mol. The van der Waals surface area contributed by atoms with Crippen LogP contribution in [0.3, 0.4) is 0 Å². The van der Waals surface area contributed by atoms with Crippen LogP contribution in [0.25, 0.3) is 5.20 Å². The molecule has 0 aliphatic carbocycles. The second kappa shape index (κ2) is 12.3. The minimum atomic E-state index is -4.25. The molecule has 0 bridgehead atoms. The number of alkyl halides is 3. The Morgan fingerprint density at radius 2 is 1.23 bits per heavy atom. The van der Waals surface area contributed by atoms with Crippen molar-refractivity contribution < 1.29 is 13.2 Å². The molecular weight excluding hydrogens is 528 g/mol. The average Bonchev–Trinajstić information content (AvgIpc) is 2.65. The van der Waals surface area contributed by atoms with Crippen molar-refractivity contribution in [3.05, 3.63) is 38.4 Å².